The molecule has 0 aromatic heterocycles. The monoisotopic (exact) mass is 417 g/mol. The summed E-state index contributed by atoms with van der Waals surface area (Å²) in [5, 5.41) is 0.674. The van der Waals surface area contributed by atoms with Crippen LogP contribution in [0.25, 0.3) is 0 Å². The van der Waals surface area contributed by atoms with Gasteiger partial charge in [-0.25, -0.2) is 9.37 Å². The van der Waals surface area contributed by atoms with E-state index < -0.39 is 6.04 Å². The maximum Gasteiger partial charge on any atom is 0.333 e. The number of halogens is 1. The lowest BCUT2D eigenvalue weighted by Gasteiger charge is -2.31. The van der Waals surface area contributed by atoms with E-state index in [0.29, 0.717) is 23.9 Å². The summed E-state index contributed by atoms with van der Waals surface area (Å²) >= 11 is 6.03. The van der Waals surface area contributed by atoms with Crippen LogP contribution in [-0.2, 0) is 11.3 Å². The zero-order valence-electron chi connectivity index (χ0n) is 17.0. The van der Waals surface area contributed by atoms with Crippen LogP contribution in [0.15, 0.2) is 29.3 Å². The molecule has 0 radical (unpaired) electrons. The third-order valence-corrected chi connectivity index (χ3v) is 6.09. The molecule has 154 valence electrons. The number of amidine groups is 2. The van der Waals surface area contributed by atoms with E-state index in [1.165, 1.54) is 16.8 Å². The number of carbonyl (C=O) groups excluding carboxylic acids is 2. The molecule has 0 saturated carbocycles. The van der Waals surface area contributed by atoms with Gasteiger partial charge in [0.05, 0.1) is 0 Å². The van der Waals surface area contributed by atoms with E-state index in [0.717, 1.165) is 37.6 Å². The SMILES string of the molecule is CN1CCN(CC2=[N+](Cc3ccc(Cl)cc3)C3C(=O)N(C)C(=O)N(C)C3=N2)CC1. The first-order valence-corrected chi connectivity index (χ1v) is 10.1. The van der Waals surface area contributed by atoms with Crippen LogP contribution in [0.4, 0.5) is 4.79 Å². The molecule has 3 amide bonds. The van der Waals surface area contributed by atoms with Crippen LogP contribution in [0.1, 0.15) is 5.56 Å². The van der Waals surface area contributed by atoms with Crippen molar-refractivity contribution in [3.8, 4) is 0 Å². The predicted molar refractivity (Wildman–Crippen MR) is 112 cm³/mol. The molecule has 1 atom stereocenters. The van der Waals surface area contributed by atoms with E-state index in [1.807, 2.05) is 28.8 Å². The highest BCUT2D eigenvalue weighted by Crippen LogP contribution is 2.22. The zero-order chi connectivity index (χ0) is 20.7. The highest BCUT2D eigenvalue weighted by Gasteiger charge is 2.53. The highest BCUT2D eigenvalue weighted by molar-refractivity contribution is 6.30. The molecule has 3 aliphatic rings. The minimum atomic E-state index is -0.583. The summed E-state index contributed by atoms with van der Waals surface area (Å²) in [6.45, 7) is 5.09. The molecule has 0 spiro atoms. The Morgan fingerprint density at radius 1 is 1.03 bits per heavy atom. The maximum absolute atomic E-state index is 13.0. The Balaban J connectivity index is 1.67. The van der Waals surface area contributed by atoms with Gasteiger partial charge >= 0.3 is 11.9 Å². The number of benzene rings is 1. The summed E-state index contributed by atoms with van der Waals surface area (Å²) in [6.07, 6.45) is 0. The second kappa shape index (κ2) is 7.85. The molecule has 0 bridgehead atoms. The number of imide groups is 1. The minimum absolute atomic E-state index is 0.241. The van der Waals surface area contributed by atoms with Gasteiger partial charge < -0.3 is 4.90 Å². The Hall–Kier alpha value is -2.29. The lowest BCUT2D eigenvalue weighted by Crippen LogP contribution is -2.61. The van der Waals surface area contributed by atoms with E-state index >= 15 is 0 Å². The number of nitrogens with zero attached hydrogens (tertiary/aromatic N) is 6. The fourth-order valence-corrected chi connectivity index (χ4v) is 4.08. The molecule has 29 heavy (non-hydrogen) atoms. The number of rotatable bonds is 4. The first-order valence-electron chi connectivity index (χ1n) is 9.77. The second-order valence-electron chi connectivity index (χ2n) is 7.86. The number of amides is 3. The molecular formula is C20H26ClN6O2+. The summed E-state index contributed by atoms with van der Waals surface area (Å²) in [4.78, 5) is 37.5. The number of aliphatic imine (C=N–C) groups is 1. The van der Waals surface area contributed by atoms with Crippen molar-refractivity contribution in [2.45, 2.75) is 12.6 Å². The number of piperazine rings is 1. The summed E-state index contributed by atoms with van der Waals surface area (Å²) in [5.74, 6) is 1.10. The number of likely N-dealkylation sites (N-methyl/N-ethyl adjacent to an activating group) is 3. The number of fused-ring (bicyclic) bond motifs is 1. The molecule has 2 fully saturated rings. The van der Waals surface area contributed by atoms with E-state index in [2.05, 4.69) is 16.8 Å². The molecule has 4 rings (SSSR count). The lowest BCUT2D eigenvalue weighted by atomic mass is 10.1. The Labute approximate surface area is 175 Å². The average Bonchev–Trinajstić information content (AvgIpc) is 3.06. The largest absolute Gasteiger partial charge is 0.333 e. The minimum Gasteiger partial charge on any atom is -0.304 e. The third-order valence-electron chi connectivity index (χ3n) is 5.84. The number of hydrogen-bond acceptors (Lipinski definition) is 5. The fraction of sp³-hybridized carbons (Fsp3) is 0.500. The standard InChI is InChI=1S/C20H26ClN6O2/c1-23-8-10-26(11-9-23)13-16-22-18-17(19(28)25(3)20(29)24(18)2)27(16)12-14-4-6-15(21)7-5-14/h4-7,17H,8-13H2,1-3H3/q+1. The van der Waals surface area contributed by atoms with Crippen molar-refractivity contribution in [1.82, 2.24) is 19.6 Å². The van der Waals surface area contributed by atoms with Crippen LogP contribution in [0.2, 0.25) is 5.02 Å². The normalized spacial score (nSPS) is 23.7. The zero-order valence-corrected chi connectivity index (χ0v) is 17.8. The van der Waals surface area contributed by atoms with Crippen molar-refractivity contribution >= 4 is 35.2 Å². The maximum atomic E-state index is 13.0. The molecular weight excluding hydrogens is 392 g/mol. The van der Waals surface area contributed by atoms with Gasteiger partial charge in [0.25, 0.3) is 17.8 Å². The summed E-state index contributed by atoms with van der Waals surface area (Å²) in [7, 11) is 5.32. The van der Waals surface area contributed by atoms with Gasteiger partial charge in [-0.3, -0.25) is 19.5 Å². The molecule has 0 N–H and O–H groups in total. The molecule has 8 nitrogen and oxygen atoms in total. The van der Waals surface area contributed by atoms with E-state index in [4.69, 9.17) is 16.6 Å². The van der Waals surface area contributed by atoms with Gasteiger partial charge in [-0.2, -0.15) is 0 Å². The fourth-order valence-electron chi connectivity index (χ4n) is 3.95. The lowest BCUT2D eigenvalue weighted by molar-refractivity contribution is -0.552. The molecule has 3 heterocycles. The molecule has 3 aliphatic heterocycles. The molecule has 9 heteroatoms. The van der Waals surface area contributed by atoms with E-state index in [-0.39, 0.29) is 11.9 Å². The van der Waals surface area contributed by atoms with Gasteiger partial charge in [0.15, 0.2) is 0 Å². The van der Waals surface area contributed by atoms with Crippen LogP contribution in [-0.4, -0.2) is 108 Å². The Bertz CT molecular complexity index is 889. The van der Waals surface area contributed by atoms with Crippen molar-refractivity contribution in [3.63, 3.8) is 0 Å². The third kappa shape index (κ3) is 3.80. The van der Waals surface area contributed by atoms with Crippen LogP contribution < -0.4 is 0 Å². The summed E-state index contributed by atoms with van der Waals surface area (Å²) in [5.41, 5.74) is 1.04. The van der Waals surface area contributed by atoms with Crippen molar-refractivity contribution in [3.05, 3.63) is 34.9 Å². The van der Waals surface area contributed by atoms with Gasteiger partial charge in [-0.1, -0.05) is 23.7 Å². The summed E-state index contributed by atoms with van der Waals surface area (Å²) < 4.78 is 2.03. The van der Waals surface area contributed by atoms with Crippen LogP contribution in [0.3, 0.4) is 0 Å². The molecule has 2 saturated heterocycles. The Morgan fingerprint density at radius 3 is 2.34 bits per heavy atom. The van der Waals surface area contributed by atoms with Crippen molar-refractivity contribution in [1.29, 1.82) is 0 Å². The molecule has 1 aromatic rings. The number of hydrogen-bond donors (Lipinski definition) is 0. The van der Waals surface area contributed by atoms with Gasteiger partial charge in [-0.05, 0) is 29.7 Å². The topological polar surface area (TPSA) is 62.5 Å². The predicted octanol–water partition coefficient (Wildman–Crippen LogP) is 0.803. The molecule has 1 aromatic carbocycles. The van der Waals surface area contributed by atoms with Crippen LogP contribution >= 0.6 is 11.6 Å². The summed E-state index contributed by atoms with van der Waals surface area (Å²) in [6, 6.07) is 6.68. The van der Waals surface area contributed by atoms with Crippen molar-refractivity contribution in [2.24, 2.45) is 4.99 Å². The highest BCUT2D eigenvalue weighted by atomic mass is 35.5. The van der Waals surface area contributed by atoms with Gasteiger partial charge in [0, 0.05) is 45.3 Å². The van der Waals surface area contributed by atoms with E-state index in [1.54, 1.807) is 7.05 Å². The second-order valence-corrected chi connectivity index (χ2v) is 8.30. The number of urea groups is 1. The van der Waals surface area contributed by atoms with Gasteiger partial charge in [0.1, 0.15) is 13.1 Å². The average molecular weight is 418 g/mol. The quantitative estimate of drug-likeness (QED) is 0.680. The van der Waals surface area contributed by atoms with Gasteiger partial charge in [-0.15, -0.1) is 0 Å². The molecule has 1 unspecified atom stereocenters. The number of carbonyl (C=O) groups is 2. The Kier molecular flexibility index (Phi) is 5.42. The van der Waals surface area contributed by atoms with Crippen LogP contribution in [0, 0.1) is 0 Å². The Morgan fingerprint density at radius 2 is 1.69 bits per heavy atom. The van der Waals surface area contributed by atoms with Crippen molar-refractivity contribution < 1.29 is 14.2 Å². The molecule has 0 aliphatic carbocycles. The smallest absolute Gasteiger partial charge is 0.304 e. The first kappa shape index (κ1) is 20.0. The first-order chi connectivity index (χ1) is 13.8. The van der Waals surface area contributed by atoms with Crippen molar-refractivity contribution in [2.75, 3.05) is 53.9 Å². The van der Waals surface area contributed by atoms with E-state index in [9.17, 15) is 9.59 Å². The van der Waals surface area contributed by atoms with Gasteiger partial charge in [0.2, 0.25) is 0 Å². The van der Waals surface area contributed by atoms with Crippen LogP contribution in [0.5, 0.6) is 0 Å².